The first-order valence-corrected chi connectivity index (χ1v) is 13.5. The van der Waals surface area contributed by atoms with Crippen LogP contribution in [0.1, 0.15) is 45.4 Å². The molecule has 0 bridgehead atoms. The Morgan fingerprint density at radius 3 is 2.00 bits per heavy atom. The Kier molecular flexibility index (Phi) is 10.0. The zero-order valence-electron chi connectivity index (χ0n) is 21.9. The summed E-state index contributed by atoms with van der Waals surface area (Å²) in [5.74, 6) is 0.0258. The summed E-state index contributed by atoms with van der Waals surface area (Å²) in [6.07, 6.45) is 11.9. The van der Waals surface area contributed by atoms with Gasteiger partial charge in [-0.05, 0) is 36.2 Å². The highest BCUT2D eigenvalue weighted by atomic mass is 19.1. The molecule has 4 aromatic rings. The third-order valence-corrected chi connectivity index (χ3v) is 7.11. The number of hydrogen-bond donors (Lipinski definition) is 0. The van der Waals surface area contributed by atoms with E-state index in [2.05, 4.69) is 4.98 Å². The summed E-state index contributed by atoms with van der Waals surface area (Å²) in [6.45, 7) is 2.41. The molecule has 0 unspecified atom stereocenters. The summed E-state index contributed by atoms with van der Waals surface area (Å²) < 4.78 is 41.7. The van der Waals surface area contributed by atoms with E-state index in [1.165, 1.54) is 56.4 Å². The van der Waals surface area contributed by atoms with Crippen LogP contribution in [0.2, 0.25) is 5.82 Å². The quantitative estimate of drug-likeness (QED) is 0.231. The highest BCUT2D eigenvalue weighted by Crippen LogP contribution is 2.31. The Morgan fingerprint density at radius 1 is 0.868 bits per heavy atom. The Labute approximate surface area is 224 Å². The van der Waals surface area contributed by atoms with Gasteiger partial charge in [-0.1, -0.05) is 116 Å². The van der Waals surface area contributed by atoms with Gasteiger partial charge in [0.05, 0.1) is 24.8 Å². The maximum atomic E-state index is 13.5. The zero-order valence-corrected chi connectivity index (χ0v) is 21.9. The average Bonchev–Trinajstić information content (AvgIpc) is 3.40. The van der Waals surface area contributed by atoms with Gasteiger partial charge in [-0.25, -0.2) is 18.2 Å². The van der Waals surface area contributed by atoms with Gasteiger partial charge in [-0.3, -0.25) is 0 Å². The number of imidazole rings is 1. The molecule has 0 N–H and O–H groups in total. The van der Waals surface area contributed by atoms with E-state index in [0.717, 1.165) is 22.2 Å². The van der Waals surface area contributed by atoms with Crippen molar-refractivity contribution in [3.63, 3.8) is 0 Å². The number of rotatable bonds is 7. The summed E-state index contributed by atoms with van der Waals surface area (Å²) in [6, 6.07) is 23.5. The van der Waals surface area contributed by atoms with Crippen LogP contribution < -0.4 is 10.9 Å². The lowest BCUT2D eigenvalue weighted by Gasteiger charge is -2.28. The van der Waals surface area contributed by atoms with Gasteiger partial charge in [0.2, 0.25) is 6.71 Å². The largest absolute Gasteiger partial charge is 0.324 e. The van der Waals surface area contributed by atoms with E-state index in [0.29, 0.717) is 12.2 Å². The molecular formula is C32H34BF3N2. The third-order valence-electron chi connectivity index (χ3n) is 7.11. The van der Waals surface area contributed by atoms with E-state index in [4.69, 9.17) is 0 Å². The van der Waals surface area contributed by atoms with Crippen molar-refractivity contribution < 1.29 is 13.2 Å². The van der Waals surface area contributed by atoms with Crippen molar-refractivity contribution in [2.45, 2.75) is 57.8 Å². The van der Waals surface area contributed by atoms with E-state index in [1.807, 2.05) is 66.1 Å². The number of nitrogens with zero attached hydrogens (tertiary/aromatic N) is 2. The lowest BCUT2D eigenvalue weighted by molar-refractivity contribution is 0.499. The van der Waals surface area contributed by atoms with Gasteiger partial charge >= 0.3 is 0 Å². The molecular weight excluding hydrogens is 480 g/mol. The molecule has 0 spiro atoms. The van der Waals surface area contributed by atoms with Crippen molar-refractivity contribution in [2.75, 3.05) is 0 Å². The Hall–Kier alpha value is -3.54. The molecule has 1 fully saturated rings. The molecule has 0 amide bonds. The van der Waals surface area contributed by atoms with E-state index in [9.17, 15) is 13.2 Å². The molecule has 5 rings (SSSR count). The van der Waals surface area contributed by atoms with Gasteiger partial charge in [-0.15, -0.1) is 0 Å². The molecule has 1 aromatic heterocycles. The molecule has 38 heavy (non-hydrogen) atoms. The van der Waals surface area contributed by atoms with Crippen molar-refractivity contribution in [3.05, 3.63) is 115 Å². The first kappa shape index (κ1) is 27.5. The number of allylic oxidation sites excluding steroid dienone is 2. The number of hydrogen-bond acceptors (Lipinski definition) is 1. The normalized spacial score (nSPS) is 14.1. The molecule has 1 aliphatic carbocycles. The Balaban J connectivity index is 0.000000181. The summed E-state index contributed by atoms with van der Waals surface area (Å²) in [5.41, 5.74) is 4.25. The molecule has 0 saturated heterocycles. The SMILES string of the molecule is CCC=C(F)Cn1cncc1-c1ccccc1.Fc1ccc(B(c2ccc(F)cc2)C2CCCCC2)cc1. The third kappa shape index (κ3) is 7.50. The minimum absolute atomic E-state index is 0.123. The molecule has 6 heteroatoms. The lowest BCUT2D eigenvalue weighted by atomic mass is 9.32. The van der Waals surface area contributed by atoms with Crippen molar-refractivity contribution in [3.8, 4) is 11.3 Å². The second-order valence-electron chi connectivity index (χ2n) is 9.81. The molecule has 0 radical (unpaired) electrons. The maximum absolute atomic E-state index is 13.5. The van der Waals surface area contributed by atoms with Gasteiger partial charge in [0.25, 0.3) is 0 Å². The average molecular weight is 514 g/mol. The smallest absolute Gasteiger partial charge is 0.212 e. The summed E-state index contributed by atoms with van der Waals surface area (Å²) in [4.78, 5) is 4.08. The van der Waals surface area contributed by atoms with Crippen molar-refractivity contribution in [1.82, 2.24) is 9.55 Å². The Bertz CT molecular complexity index is 1230. The topological polar surface area (TPSA) is 17.8 Å². The van der Waals surface area contributed by atoms with Crippen molar-refractivity contribution >= 4 is 17.6 Å². The van der Waals surface area contributed by atoms with Gasteiger partial charge in [0.1, 0.15) is 17.5 Å². The molecule has 1 heterocycles. The zero-order chi connectivity index (χ0) is 26.7. The fourth-order valence-corrected chi connectivity index (χ4v) is 5.29. The second-order valence-corrected chi connectivity index (χ2v) is 9.81. The lowest BCUT2D eigenvalue weighted by Crippen LogP contribution is -2.46. The minimum atomic E-state index is -0.208. The Morgan fingerprint density at radius 2 is 1.45 bits per heavy atom. The fraction of sp³-hybridized carbons (Fsp3) is 0.281. The van der Waals surface area contributed by atoms with Gasteiger partial charge in [-0.2, -0.15) is 0 Å². The predicted molar refractivity (Wildman–Crippen MR) is 152 cm³/mol. The first-order valence-electron chi connectivity index (χ1n) is 13.5. The van der Waals surface area contributed by atoms with Crippen LogP contribution in [0.4, 0.5) is 13.2 Å². The van der Waals surface area contributed by atoms with Crippen LogP contribution in [0.3, 0.4) is 0 Å². The number of benzene rings is 3. The molecule has 1 aliphatic rings. The second kappa shape index (κ2) is 13.8. The molecule has 0 aliphatic heterocycles. The van der Waals surface area contributed by atoms with E-state index >= 15 is 0 Å². The molecule has 1 saturated carbocycles. The van der Waals surface area contributed by atoms with E-state index in [-0.39, 0.29) is 30.7 Å². The first-order chi connectivity index (χ1) is 18.5. The fourth-order valence-electron chi connectivity index (χ4n) is 5.29. The van der Waals surface area contributed by atoms with Crippen LogP contribution >= 0.6 is 0 Å². The number of halogens is 3. The minimum Gasteiger partial charge on any atom is -0.324 e. The summed E-state index contributed by atoms with van der Waals surface area (Å²) >= 11 is 0. The van der Waals surface area contributed by atoms with E-state index < -0.39 is 0 Å². The maximum Gasteiger partial charge on any atom is 0.212 e. The van der Waals surface area contributed by atoms with Crippen LogP contribution in [0.25, 0.3) is 11.3 Å². The van der Waals surface area contributed by atoms with Crippen molar-refractivity contribution in [2.24, 2.45) is 0 Å². The van der Waals surface area contributed by atoms with Gasteiger partial charge in [0, 0.05) is 0 Å². The van der Waals surface area contributed by atoms with Gasteiger partial charge in [0.15, 0.2) is 0 Å². The number of aromatic nitrogens is 2. The van der Waals surface area contributed by atoms with Crippen LogP contribution in [-0.4, -0.2) is 16.3 Å². The molecule has 3 aromatic carbocycles. The summed E-state index contributed by atoms with van der Waals surface area (Å²) in [5, 5.41) is 0. The standard InChI is InChI=1S/C18H19BF2.C14H15FN2/c20-17-10-6-15(7-11-17)19(14-4-2-1-3-5-14)16-8-12-18(21)13-9-16;1-2-6-13(15)10-17-11-16-9-14(17)12-7-4-3-5-8-12/h6-14H,1-5H2;3-9,11H,2,10H2,1H3. The highest BCUT2D eigenvalue weighted by Gasteiger charge is 2.30. The van der Waals surface area contributed by atoms with Crippen molar-refractivity contribution in [1.29, 1.82) is 0 Å². The van der Waals surface area contributed by atoms with E-state index in [1.54, 1.807) is 18.6 Å². The molecule has 2 nitrogen and oxygen atoms in total. The molecule has 196 valence electrons. The van der Waals surface area contributed by atoms with Crippen LogP contribution in [0.15, 0.2) is 103 Å². The monoisotopic (exact) mass is 514 g/mol. The van der Waals surface area contributed by atoms with Crippen LogP contribution in [0.5, 0.6) is 0 Å². The highest BCUT2D eigenvalue weighted by molar-refractivity contribution is 6.86. The van der Waals surface area contributed by atoms with Crippen LogP contribution in [-0.2, 0) is 6.54 Å². The summed E-state index contributed by atoms with van der Waals surface area (Å²) in [7, 11) is 0. The van der Waals surface area contributed by atoms with Crippen LogP contribution in [0, 0.1) is 11.6 Å². The predicted octanol–water partition coefficient (Wildman–Crippen LogP) is 7.72. The molecule has 0 atom stereocenters. The van der Waals surface area contributed by atoms with Gasteiger partial charge < -0.3 is 4.57 Å².